The van der Waals surface area contributed by atoms with Crippen molar-refractivity contribution in [3.8, 4) is 0 Å². The van der Waals surface area contributed by atoms with Crippen molar-refractivity contribution in [3.63, 3.8) is 0 Å². The van der Waals surface area contributed by atoms with Crippen molar-refractivity contribution in [2.24, 2.45) is 0 Å². The van der Waals surface area contributed by atoms with Crippen LogP contribution in [0.1, 0.15) is 43.6 Å². The summed E-state index contributed by atoms with van der Waals surface area (Å²) in [7, 11) is -3.61. The van der Waals surface area contributed by atoms with Gasteiger partial charge in [-0.2, -0.15) is 0 Å². The summed E-state index contributed by atoms with van der Waals surface area (Å²) in [6, 6.07) is 10.7. The van der Waals surface area contributed by atoms with E-state index < -0.39 is 10.0 Å². The number of thiophene rings is 1. The third kappa shape index (κ3) is 4.82. The monoisotopic (exact) mass is 366 g/mol. The molecule has 1 aromatic carbocycles. The first-order valence-electron chi connectivity index (χ1n) is 7.77. The maximum atomic E-state index is 12.4. The van der Waals surface area contributed by atoms with Gasteiger partial charge in [-0.25, -0.2) is 8.42 Å². The fourth-order valence-electron chi connectivity index (χ4n) is 2.13. The van der Waals surface area contributed by atoms with Gasteiger partial charge in [-0.15, -0.1) is 11.3 Å². The lowest BCUT2D eigenvalue weighted by Gasteiger charge is -2.11. The Balaban J connectivity index is 2.09. The number of hydrogen-bond acceptors (Lipinski definition) is 4. The Morgan fingerprint density at radius 3 is 2.42 bits per heavy atom. The summed E-state index contributed by atoms with van der Waals surface area (Å²) in [6.07, 6.45) is 1.04. The Morgan fingerprint density at radius 2 is 1.83 bits per heavy atom. The summed E-state index contributed by atoms with van der Waals surface area (Å²) in [6.45, 7) is 6.02. The van der Waals surface area contributed by atoms with Crippen LogP contribution in [0.4, 0.5) is 5.69 Å². The standard InChI is InChI=1S/C17H22N2O3S2/c1-4-12(2)14-5-7-15(8-6-14)19-24(21,22)17-10-9-16(23-17)11-18-13(3)20/h5-10,12,19H,4,11H2,1-3H3,(H,18,20). The number of anilines is 1. The Bertz CT molecular complexity index is 795. The van der Waals surface area contributed by atoms with Gasteiger partial charge >= 0.3 is 0 Å². The number of benzene rings is 1. The quantitative estimate of drug-likeness (QED) is 0.784. The first-order valence-corrected chi connectivity index (χ1v) is 10.1. The molecular formula is C17H22N2O3S2. The van der Waals surface area contributed by atoms with E-state index in [1.165, 1.54) is 12.5 Å². The average Bonchev–Trinajstić information content (AvgIpc) is 3.02. The summed E-state index contributed by atoms with van der Waals surface area (Å²) in [5.41, 5.74) is 1.73. The molecule has 0 fully saturated rings. The van der Waals surface area contributed by atoms with Crippen molar-refractivity contribution in [2.75, 3.05) is 4.72 Å². The highest BCUT2D eigenvalue weighted by atomic mass is 32.2. The Kier molecular flexibility index (Phi) is 6.01. The van der Waals surface area contributed by atoms with Crippen LogP contribution in [0.5, 0.6) is 0 Å². The molecule has 7 heteroatoms. The number of carbonyl (C=O) groups is 1. The Hall–Kier alpha value is -1.86. The molecule has 130 valence electrons. The van der Waals surface area contributed by atoms with Crippen LogP contribution in [-0.4, -0.2) is 14.3 Å². The van der Waals surface area contributed by atoms with Gasteiger partial charge in [0.1, 0.15) is 4.21 Å². The lowest BCUT2D eigenvalue weighted by molar-refractivity contribution is -0.119. The van der Waals surface area contributed by atoms with E-state index in [9.17, 15) is 13.2 Å². The zero-order valence-electron chi connectivity index (χ0n) is 14.0. The van der Waals surface area contributed by atoms with E-state index in [1.807, 2.05) is 12.1 Å². The van der Waals surface area contributed by atoms with Crippen LogP contribution in [0.3, 0.4) is 0 Å². The zero-order valence-corrected chi connectivity index (χ0v) is 15.6. The molecule has 1 unspecified atom stereocenters. The van der Waals surface area contributed by atoms with Crippen molar-refractivity contribution < 1.29 is 13.2 Å². The maximum Gasteiger partial charge on any atom is 0.271 e. The Morgan fingerprint density at radius 1 is 1.17 bits per heavy atom. The topological polar surface area (TPSA) is 75.3 Å². The molecule has 0 bridgehead atoms. The fourth-order valence-corrected chi connectivity index (χ4v) is 4.48. The molecule has 0 spiro atoms. The number of carbonyl (C=O) groups excluding carboxylic acids is 1. The molecular weight excluding hydrogens is 344 g/mol. The predicted octanol–water partition coefficient (Wildman–Crippen LogP) is 3.70. The number of sulfonamides is 1. The number of hydrogen-bond donors (Lipinski definition) is 2. The highest BCUT2D eigenvalue weighted by molar-refractivity contribution is 7.94. The van der Waals surface area contributed by atoms with Crippen LogP contribution in [-0.2, 0) is 21.4 Å². The first kappa shape index (κ1) is 18.5. The normalized spacial score (nSPS) is 12.6. The van der Waals surface area contributed by atoms with E-state index in [4.69, 9.17) is 0 Å². The number of rotatable bonds is 7. The second-order valence-corrected chi connectivity index (χ2v) is 8.74. The van der Waals surface area contributed by atoms with Gasteiger partial charge in [0.2, 0.25) is 5.91 Å². The molecule has 2 rings (SSSR count). The molecule has 0 radical (unpaired) electrons. The van der Waals surface area contributed by atoms with Gasteiger partial charge in [0.15, 0.2) is 0 Å². The number of nitrogens with one attached hydrogen (secondary N) is 2. The first-order chi connectivity index (χ1) is 11.3. The van der Waals surface area contributed by atoms with Gasteiger partial charge in [0.25, 0.3) is 10.0 Å². The predicted molar refractivity (Wildman–Crippen MR) is 97.8 cm³/mol. The largest absolute Gasteiger partial charge is 0.351 e. The van der Waals surface area contributed by atoms with Gasteiger partial charge in [-0.05, 0) is 42.2 Å². The number of amides is 1. The van der Waals surface area contributed by atoms with Gasteiger partial charge in [0, 0.05) is 17.5 Å². The molecule has 1 heterocycles. The zero-order chi connectivity index (χ0) is 17.7. The van der Waals surface area contributed by atoms with Crippen LogP contribution in [0.25, 0.3) is 0 Å². The smallest absolute Gasteiger partial charge is 0.271 e. The van der Waals surface area contributed by atoms with Gasteiger partial charge in [-0.1, -0.05) is 26.0 Å². The van der Waals surface area contributed by atoms with Crippen molar-refractivity contribution in [2.45, 2.75) is 43.9 Å². The molecule has 5 nitrogen and oxygen atoms in total. The van der Waals surface area contributed by atoms with Crippen molar-refractivity contribution in [3.05, 3.63) is 46.8 Å². The van der Waals surface area contributed by atoms with Crippen molar-refractivity contribution in [1.29, 1.82) is 0 Å². The molecule has 0 saturated heterocycles. The molecule has 1 amide bonds. The van der Waals surface area contributed by atoms with Gasteiger partial charge in [0.05, 0.1) is 6.54 Å². The van der Waals surface area contributed by atoms with E-state index >= 15 is 0 Å². The molecule has 0 aliphatic heterocycles. The minimum absolute atomic E-state index is 0.146. The van der Waals surface area contributed by atoms with Crippen LogP contribution < -0.4 is 10.0 Å². The summed E-state index contributed by atoms with van der Waals surface area (Å²) in [5, 5.41) is 2.65. The summed E-state index contributed by atoms with van der Waals surface area (Å²) < 4.78 is 27.7. The van der Waals surface area contributed by atoms with E-state index in [0.29, 0.717) is 18.2 Å². The van der Waals surface area contributed by atoms with Crippen molar-refractivity contribution in [1.82, 2.24) is 5.32 Å². The SMILES string of the molecule is CCC(C)c1ccc(NS(=O)(=O)c2ccc(CNC(C)=O)s2)cc1. The highest BCUT2D eigenvalue weighted by Crippen LogP contribution is 2.25. The molecule has 2 N–H and O–H groups in total. The Labute approximate surface area is 147 Å². The molecule has 1 aromatic heterocycles. The lowest BCUT2D eigenvalue weighted by atomic mass is 9.99. The van der Waals surface area contributed by atoms with E-state index in [0.717, 1.165) is 22.6 Å². The third-order valence-electron chi connectivity index (χ3n) is 3.76. The lowest BCUT2D eigenvalue weighted by Crippen LogP contribution is -2.18. The second-order valence-electron chi connectivity index (χ2n) is 5.67. The van der Waals surface area contributed by atoms with Crippen LogP contribution in [0, 0.1) is 0 Å². The second kappa shape index (κ2) is 7.81. The minimum Gasteiger partial charge on any atom is -0.351 e. The van der Waals surface area contributed by atoms with E-state index in [2.05, 4.69) is 23.9 Å². The minimum atomic E-state index is -3.61. The molecule has 1 atom stereocenters. The van der Waals surface area contributed by atoms with Crippen LogP contribution in [0.15, 0.2) is 40.6 Å². The van der Waals surface area contributed by atoms with Gasteiger partial charge in [-0.3, -0.25) is 9.52 Å². The maximum absolute atomic E-state index is 12.4. The molecule has 2 aromatic rings. The van der Waals surface area contributed by atoms with Gasteiger partial charge < -0.3 is 5.32 Å². The molecule has 0 saturated carbocycles. The summed E-state index contributed by atoms with van der Waals surface area (Å²) >= 11 is 1.15. The van der Waals surface area contributed by atoms with E-state index in [1.54, 1.807) is 24.3 Å². The summed E-state index contributed by atoms with van der Waals surface area (Å²) in [4.78, 5) is 11.7. The van der Waals surface area contributed by atoms with Crippen LogP contribution in [0.2, 0.25) is 0 Å². The molecule has 0 aliphatic carbocycles. The highest BCUT2D eigenvalue weighted by Gasteiger charge is 2.17. The molecule has 24 heavy (non-hydrogen) atoms. The van der Waals surface area contributed by atoms with Crippen molar-refractivity contribution >= 4 is 33.0 Å². The average molecular weight is 367 g/mol. The summed E-state index contributed by atoms with van der Waals surface area (Å²) in [5.74, 6) is 0.302. The third-order valence-corrected chi connectivity index (χ3v) is 6.72. The molecule has 0 aliphatic rings. The van der Waals surface area contributed by atoms with Crippen LogP contribution >= 0.6 is 11.3 Å². The fraction of sp³-hybridized carbons (Fsp3) is 0.353. The van der Waals surface area contributed by atoms with E-state index in [-0.39, 0.29) is 10.1 Å².